The molecular formula is C23H23N5O5S. The monoisotopic (exact) mass is 481 g/mol. The maximum atomic E-state index is 12.2. The number of nitrogens with one attached hydrogen (secondary N) is 1. The van der Waals surface area contributed by atoms with Gasteiger partial charge in [0.05, 0.1) is 37.6 Å². The molecule has 4 aromatic rings. The molecule has 3 heterocycles. The van der Waals surface area contributed by atoms with Crippen molar-refractivity contribution in [3.05, 3.63) is 48.7 Å². The van der Waals surface area contributed by atoms with Gasteiger partial charge in [0.25, 0.3) is 0 Å². The second-order valence-electron chi connectivity index (χ2n) is 7.93. The Morgan fingerprint density at radius 1 is 1.03 bits per heavy atom. The van der Waals surface area contributed by atoms with E-state index in [1.54, 1.807) is 30.5 Å². The van der Waals surface area contributed by atoms with Gasteiger partial charge in [-0.05, 0) is 42.5 Å². The highest BCUT2D eigenvalue weighted by Crippen LogP contribution is 2.33. The standard InChI is InChI=1S/C23H23N5O5S/c1-32-23(29)24-16-5-3-15(4-6-16)21-25-20-17-9-10-28(34(2,30)31)19(17)8-7-18(20)22(26-21)27-11-13-33-14-12-27/h3-10H,11-14H2,1-2H3,(H,24,29). The second kappa shape index (κ2) is 8.58. The highest BCUT2D eigenvalue weighted by molar-refractivity contribution is 7.89. The van der Waals surface area contributed by atoms with Crippen molar-refractivity contribution in [1.82, 2.24) is 13.9 Å². The Bertz CT molecular complexity index is 1490. The Morgan fingerprint density at radius 2 is 1.76 bits per heavy atom. The molecule has 34 heavy (non-hydrogen) atoms. The van der Waals surface area contributed by atoms with Gasteiger partial charge in [0, 0.05) is 41.3 Å². The fourth-order valence-corrected chi connectivity index (χ4v) is 4.87. The number of morpholine rings is 1. The smallest absolute Gasteiger partial charge is 0.411 e. The Kier molecular flexibility index (Phi) is 5.58. The quantitative estimate of drug-likeness (QED) is 0.473. The van der Waals surface area contributed by atoms with Gasteiger partial charge in [0.2, 0.25) is 10.0 Å². The summed E-state index contributed by atoms with van der Waals surface area (Å²) in [6.45, 7) is 2.58. The minimum absolute atomic E-state index is 0.498. The Balaban J connectivity index is 1.69. The van der Waals surface area contributed by atoms with Crippen LogP contribution in [0.25, 0.3) is 33.2 Å². The number of anilines is 2. The first kappa shape index (κ1) is 22.1. The van der Waals surface area contributed by atoms with E-state index in [1.807, 2.05) is 18.2 Å². The summed E-state index contributed by atoms with van der Waals surface area (Å²) in [5.74, 6) is 1.27. The van der Waals surface area contributed by atoms with Crippen molar-refractivity contribution in [2.24, 2.45) is 0 Å². The number of benzene rings is 2. The van der Waals surface area contributed by atoms with Crippen molar-refractivity contribution >= 4 is 49.4 Å². The molecule has 176 valence electrons. The largest absolute Gasteiger partial charge is 0.453 e. The average molecular weight is 482 g/mol. The van der Waals surface area contributed by atoms with E-state index >= 15 is 0 Å². The molecule has 1 fully saturated rings. The van der Waals surface area contributed by atoms with E-state index in [0.29, 0.717) is 48.8 Å². The number of carbonyl (C=O) groups is 1. The lowest BCUT2D eigenvalue weighted by Crippen LogP contribution is -2.37. The van der Waals surface area contributed by atoms with Gasteiger partial charge in [0.1, 0.15) is 5.82 Å². The number of ether oxygens (including phenoxy) is 2. The lowest BCUT2D eigenvalue weighted by atomic mass is 10.1. The third-order valence-electron chi connectivity index (χ3n) is 5.72. The number of aromatic nitrogens is 3. The van der Waals surface area contributed by atoms with Crippen molar-refractivity contribution in [1.29, 1.82) is 0 Å². The summed E-state index contributed by atoms with van der Waals surface area (Å²) in [5, 5.41) is 4.19. The molecule has 1 saturated heterocycles. The topological polar surface area (TPSA) is 116 Å². The van der Waals surface area contributed by atoms with Crippen LogP contribution in [0.4, 0.5) is 16.3 Å². The first-order valence-electron chi connectivity index (χ1n) is 10.7. The maximum Gasteiger partial charge on any atom is 0.411 e. The molecule has 0 spiro atoms. The van der Waals surface area contributed by atoms with Crippen LogP contribution < -0.4 is 10.2 Å². The lowest BCUT2D eigenvalue weighted by molar-refractivity contribution is 0.122. The van der Waals surface area contributed by atoms with Crippen molar-refractivity contribution in [2.45, 2.75) is 0 Å². The molecule has 10 nitrogen and oxygen atoms in total. The molecule has 0 radical (unpaired) electrons. The zero-order valence-corrected chi connectivity index (χ0v) is 19.5. The van der Waals surface area contributed by atoms with E-state index in [0.717, 1.165) is 22.2 Å². The number of hydrogen-bond acceptors (Lipinski definition) is 8. The van der Waals surface area contributed by atoms with Crippen LogP contribution in [0.5, 0.6) is 0 Å². The highest BCUT2D eigenvalue weighted by atomic mass is 32.2. The fourth-order valence-electron chi connectivity index (χ4n) is 4.07. The molecule has 0 saturated carbocycles. The molecule has 0 atom stereocenters. The van der Waals surface area contributed by atoms with E-state index in [1.165, 1.54) is 17.3 Å². The number of hydrogen-bond donors (Lipinski definition) is 1. The minimum atomic E-state index is -3.46. The van der Waals surface area contributed by atoms with Crippen LogP contribution in [0.3, 0.4) is 0 Å². The predicted molar refractivity (Wildman–Crippen MR) is 130 cm³/mol. The van der Waals surface area contributed by atoms with Gasteiger partial charge in [-0.25, -0.2) is 27.2 Å². The fraction of sp³-hybridized carbons (Fsp3) is 0.261. The van der Waals surface area contributed by atoms with Crippen LogP contribution in [-0.4, -0.2) is 68.1 Å². The minimum Gasteiger partial charge on any atom is -0.453 e. The molecule has 1 aliphatic heterocycles. The van der Waals surface area contributed by atoms with Gasteiger partial charge >= 0.3 is 6.09 Å². The first-order chi connectivity index (χ1) is 16.3. The molecule has 5 rings (SSSR count). The molecule has 1 N–H and O–H groups in total. The summed E-state index contributed by atoms with van der Waals surface area (Å²) < 4.78 is 35.9. The van der Waals surface area contributed by atoms with Crippen molar-refractivity contribution in [3.63, 3.8) is 0 Å². The predicted octanol–water partition coefficient (Wildman–Crippen LogP) is 3.07. The Hall–Kier alpha value is -3.70. The van der Waals surface area contributed by atoms with E-state index in [2.05, 4.69) is 15.0 Å². The SMILES string of the molecule is COC(=O)Nc1ccc(-c2nc(N3CCOCC3)c3ccc4c(ccn4S(C)(=O)=O)c3n2)cc1. The molecule has 1 amide bonds. The van der Waals surface area contributed by atoms with Gasteiger partial charge in [-0.15, -0.1) is 0 Å². The first-order valence-corrected chi connectivity index (χ1v) is 12.5. The number of methoxy groups -OCH3 is 1. The molecule has 1 aliphatic rings. The number of carbonyl (C=O) groups excluding carboxylic acids is 1. The van der Waals surface area contributed by atoms with E-state index in [-0.39, 0.29) is 0 Å². The summed E-state index contributed by atoms with van der Waals surface area (Å²) in [6, 6.07) is 12.6. The van der Waals surface area contributed by atoms with E-state index in [9.17, 15) is 13.2 Å². The molecular weight excluding hydrogens is 458 g/mol. The summed E-state index contributed by atoms with van der Waals surface area (Å²) in [7, 11) is -2.16. The van der Waals surface area contributed by atoms with Crippen LogP contribution in [-0.2, 0) is 19.5 Å². The second-order valence-corrected chi connectivity index (χ2v) is 9.79. The Morgan fingerprint density at radius 3 is 2.44 bits per heavy atom. The van der Waals surface area contributed by atoms with Crippen LogP contribution in [0, 0.1) is 0 Å². The van der Waals surface area contributed by atoms with Crippen LogP contribution in [0.15, 0.2) is 48.7 Å². The molecule has 0 aliphatic carbocycles. The summed E-state index contributed by atoms with van der Waals surface area (Å²) >= 11 is 0. The molecule has 2 aromatic heterocycles. The number of amides is 1. The van der Waals surface area contributed by atoms with Gasteiger partial charge in [-0.3, -0.25) is 5.32 Å². The third kappa shape index (κ3) is 4.03. The highest BCUT2D eigenvalue weighted by Gasteiger charge is 2.21. The number of nitrogens with zero attached hydrogens (tertiary/aromatic N) is 4. The van der Waals surface area contributed by atoms with Gasteiger partial charge in [-0.2, -0.15) is 0 Å². The van der Waals surface area contributed by atoms with Gasteiger partial charge in [-0.1, -0.05) is 0 Å². The summed E-state index contributed by atoms with van der Waals surface area (Å²) in [5.41, 5.74) is 2.57. The molecule has 0 unspecified atom stereocenters. The molecule has 2 aromatic carbocycles. The van der Waals surface area contributed by atoms with Crippen LogP contribution >= 0.6 is 0 Å². The average Bonchev–Trinajstić information content (AvgIpc) is 3.30. The van der Waals surface area contributed by atoms with Gasteiger partial charge < -0.3 is 14.4 Å². The van der Waals surface area contributed by atoms with E-state index in [4.69, 9.17) is 14.7 Å². The number of rotatable bonds is 4. The summed E-state index contributed by atoms with van der Waals surface area (Å²) in [6.07, 6.45) is 2.16. The van der Waals surface area contributed by atoms with E-state index < -0.39 is 16.1 Å². The zero-order chi connectivity index (χ0) is 23.9. The third-order valence-corrected chi connectivity index (χ3v) is 6.75. The van der Waals surface area contributed by atoms with Gasteiger partial charge in [0.15, 0.2) is 5.82 Å². The zero-order valence-electron chi connectivity index (χ0n) is 18.7. The number of fused-ring (bicyclic) bond motifs is 3. The van der Waals surface area contributed by atoms with Crippen LogP contribution in [0.2, 0.25) is 0 Å². The van der Waals surface area contributed by atoms with Crippen molar-refractivity contribution in [3.8, 4) is 11.4 Å². The Labute approximate surface area is 196 Å². The molecule has 11 heteroatoms. The maximum absolute atomic E-state index is 12.2. The molecule has 0 bridgehead atoms. The van der Waals surface area contributed by atoms with Crippen molar-refractivity contribution in [2.75, 3.05) is 49.9 Å². The lowest BCUT2D eigenvalue weighted by Gasteiger charge is -2.29. The summed E-state index contributed by atoms with van der Waals surface area (Å²) in [4.78, 5) is 23.4. The normalized spacial score (nSPS) is 14.5. The van der Waals surface area contributed by atoms with Crippen LogP contribution in [0.1, 0.15) is 0 Å². The van der Waals surface area contributed by atoms with Crippen molar-refractivity contribution < 1.29 is 22.7 Å².